The van der Waals surface area contributed by atoms with E-state index < -0.39 is 0 Å². The van der Waals surface area contributed by atoms with Gasteiger partial charge in [0.2, 0.25) is 0 Å². The lowest BCUT2D eigenvalue weighted by Gasteiger charge is -2.28. The van der Waals surface area contributed by atoms with Gasteiger partial charge in [0.15, 0.2) is 0 Å². The van der Waals surface area contributed by atoms with E-state index in [0.717, 1.165) is 11.6 Å². The minimum Gasteiger partial charge on any atom is -0.371 e. The fourth-order valence-electron chi connectivity index (χ4n) is 2.01. The molecule has 1 atom stereocenters. The predicted octanol–water partition coefficient (Wildman–Crippen LogP) is 3.45. The van der Waals surface area contributed by atoms with E-state index in [9.17, 15) is 0 Å². The molecule has 16 heavy (non-hydrogen) atoms. The molecule has 1 unspecified atom stereocenters. The van der Waals surface area contributed by atoms with Crippen LogP contribution in [-0.2, 0) is 0 Å². The molecular weight excluding hydrogens is 220 g/mol. The first-order valence-corrected chi connectivity index (χ1v) is 5.93. The molecule has 0 N–H and O–H groups in total. The van der Waals surface area contributed by atoms with Crippen LogP contribution in [0.1, 0.15) is 25.3 Å². The highest BCUT2D eigenvalue weighted by Gasteiger charge is 2.31. The summed E-state index contributed by atoms with van der Waals surface area (Å²) in [7, 11) is 2.04. The lowest BCUT2D eigenvalue weighted by Crippen LogP contribution is -2.31. The van der Waals surface area contributed by atoms with Crippen molar-refractivity contribution in [3.63, 3.8) is 0 Å². The molecule has 2 rings (SSSR count). The van der Waals surface area contributed by atoms with Gasteiger partial charge in [-0.1, -0.05) is 11.6 Å². The van der Waals surface area contributed by atoms with Gasteiger partial charge in [-0.2, -0.15) is 5.26 Å². The molecule has 0 saturated heterocycles. The van der Waals surface area contributed by atoms with Crippen molar-refractivity contribution in [2.45, 2.75) is 25.8 Å². The van der Waals surface area contributed by atoms with E-state index in [-0.39, 0.29) is 0 Å². The topological polar surface area (TPSA) is 27.0 Å². The van der Waals surface area contributed by atoms with Crippen molar-refractivity contribution in [2.75, 3.05) is 11.9 Å². The summed E-state index contributed by atoms with van der Waals surface area (Å²) in [4.78, 5) is 2.17. The maximum atomic E-state index is 9.07. The van der Waals surface area contributed by atoms with Crippen LogP contribution in [0.5, 0.6) is 0 Å². The molecule has 0 spiro atoms. The maximum absolute atomic E-state index is 9.07. The fourth-order valence-corrected chi connectivity index (χ4v) is 2.17. The zero-order valence-electron chi connectivity index (χ0n) is 9.57. The quantitative estimate of drug-likeness (QED) is 0.801. The number of rotatable bonds is 3. The van der Waals surface area contributed by atoms with E-state index in [1.54, 1.807) is 12.1 Å². The fraction of sp³-hybridized carbons (Fsp3) is 0.462. The highest BCUT2D eigenvalue weighted by atomic mass is 35.5. The van der Waals surface area contributed by atoms with Crippen LogP contribution < -0.4 is 4.90 Å². The Morgan fingerprint density at radius 2 is 2.19 bits per heavy atom. The number of benzene rings is 1. The third-order valence-corrected chi connectivity index (χ3v) is 3.61. The number of hydrogen-bond acceptors (Lipinski definition) is 2. The number of nitrogens with zero attached hydrogens (tertiary/aromatic N) is 2. The maximum Gasteiger partial charge on any atom is 0.101 e. The van der Waals surface area contributed by atoms with Crippen molar-refractivity contribution in [1.82, 2.24) is 0 Å². The van der Waals surface area contributed by atoms with Crippen LogP contribution in [0.2, 0.25) is 5.02 Å². The van der Waals surface area contributed by atoms with Crippen molar-refractivity contribution >= 4 is 17.3 Å². The molecule has 1 aliphatic rings. The molecule has 0 aromatic heterocycles. The standard InChI is InChI=1S/C13H15ClN2/c1-9(10-3-4-10)16(2)13-7-12(14)6-5-11(13)8-15/h5-7,9-10H,3-4H2,1-2H3. The van der Waals surface area contributed by atoms with Crippen molar-refractivity contribution in [3.8, 4) is 6.07 Å². The Kier molecular flexibility index (Phi) is 3.07. The lowest BCUT2D eigenvalue weighted by molar-refractivity contribution is 0.609. The lowest BCUT2D eigenvalue weighted by atomic mass is 10.1. The highest BCUT2D eigenvalue weighted by molar-refractivity contribution is 6.30. The molecule has 1 aliphatic carbocycles. The Hall–Kier alpha value is -1.20. The summed E-state index contributed by atoms with van der Waals surface area (Å²) in [5, 5.41) is 9.76. The van der Waals surface area contributed by atoms with Gasteiger partial charge in [0, 0.05) is 18.1 Å². The molecular formula is C13H15ClN2. The Balaban J connectivity index is 2.30. The van der Waals surface area contributed by atoms with Crippen LogP contribution in [0.4, 0.5) is 5.69 Å². The summed E-state index contributed by atoms with van der Waals surface area (Å²) < 4.78 is 0. The molecule has 0 radical (unpaired) electrons. The molecule has 84 valence electrons. The SMILES string of the molecule is CC(C1CC1)N(C)c1cc(Cl)ccc1C#N. The summed E-state index contributed by atoms with van der Waals surface area (Å²) in [5.41, 5.74) is 1.63. The largest absolute Gasteiger partial charge is 0.371 e. The predicted molar refractivity (Wildman–Crippen MR) is 66.8 cm³/mol. The minimum atomic E-state index is 0.477. The number of halogens is 1. The third-order valence-electron chi connectivity index (χ3n) is 3.38. The van der Waals surface area contributed by atoms with E-state index in [4.69, 9.17) is 16.9 Å². The molecule has 0 heterocycles. The van der Waals surface area contributed by atoms with Gasteiger partial charge in [-0.3, -0.25) is 0 Å². The minimum absolute atomic E-state index is 0.477. The van der Waals surface area contributed by atoms with Crippen LogP contribution in [0.3, 0.4) is 0 Å². The Morgan fingerprint density at radius 3 is 2.75 bits per heavy atom. The van der Waals surface area contributed by atoms with Crippen LogP contribution in [-0.4, -0.2) is 13.1 Å². The Bertz CT molecular complexity index is 432. The van der Waals surface area contributed by atoms with E-state index in [1.807, 2.05) is 13.1 Å². The average molecular weight is 235 g/mol. The Morgan fingerprint density at radius 1 is 1.50 bits per heavy atom. The van der Waals surface area contributed by atoms with Crippen molar-refractivity contribution < 1.29 is 0 Å². The van der Waals surface area contributed by atoms with Gasteiger partial charge >= 0.3 is 0 Å². The van der Waals surface area contributed by atoms with E-state index in [2.05, 4.69) is 17.9 Å². The van der Waals surface area contributed by atoms with Gasteiger partial charge in [-0.05, 0) is 43.9 Å². The van der Waals surface area contributed by atoms with Gasteiger partial charge in [0.25, 0.3) is 0 Å². The summed E-state index contributed by atoms with van der Waals surface area (Å²) >= 11 is 5.98. The van der Waals surface area contributed by atoms with Crippen LogP contribution in [0.25, 0.3) is 0 Å². The van der Waals surface area contributed by atoms with E-state index >= 15 is 0 Å². The number of anilines is 1. The molecule has 0 bridgehead atoms. The zero-order chi connectivity index (χ0) is 11.7. The first-order chi connectivity index (χ1) is 7.63. The first kappa shape index (κ1) is 11.3. The molecule has 1 saturated carbocycles. The van der Waals surface area contributed by atoms with Gasteiger partial charge in [0.1, 0.15) is 6.07 Å². The van der Waals surface area contributed by atoms with Crippen molar-refractivity contribution in [1.29, 1.82) is 5.26 Å². The average Bonchev–Trinajstić information content (AvgIpc) is 3.11. The van der Waals surface area contributed by atoms with Gasteiger partial charge in [-0.15, -0.1) is 0 Å². The molecule has 1 aromatic rings. The summed E-state index contributed by atoms with van der Waals surface area (Å²) in [6, 6.07) is 8.12. The smallest absolute Gasteiger partial charge is 0.101 e. The number of hydrogen-bond donors (Lipinski definition) is 0. The van der Waals surface area contributed by atoms with Gasteiger partial charge in [-0.25, -0.2) is 0 Å². The molecule has 3 heteroatoms. The monoisotopic (exact) mass is 234 g/mol. The molecule has 0 aliphatic heterocycles. The number of nitriles is 1. The zero-order valence-corrected chi connectivity index (χ0v) is 10.3. The third kappa shape index (κ3) is 2.15. The molecule has 2 nitrogen and oxygen atoms in total. The van der Waals surface area contributed by atoms with Gasteiger partial charge < -0.3 is 4.90 Å². The summed E-state index contributed by atoms with van der Waals surface area (Å²) in [6.07, 6.45) is 2.60. The molecule has 0 amide bonds. The normalized spacial score (nSPS) is 16.6. The van der Waals surface area contributed by atoms with Crippen LogP contribution in [0, 0.1) is 17.2 Å². The second-order valence-electron chi connectivity index (χ2n) is 4.46. The van der Waals surface area contributed by atoms with Crippen LogP contribution >= 0.6 is 11.6 Å². The van der Waals surface area contributed by atoms with Gasteiger partial charge in [0.05, 0.1) is 11.3 Å². The second kappa shape index (κ2) is 4.35. The highest BCUT2D eigenvalue weighted by Crippen LogP contribution is 2.37. The van der Waals surface area contributed by atoms with E-state index in [1.165, 1.54) is 12.8 Å². The Labute approximate surface area is 101 Å². The van der Waals surface area contributed by atoms with E-state index in [0.29, 0.717) is 16.6 Å². The van der Waals surface area contributed by atoms with Crippen molar-refractivity contribution in [3.05, 3.63) is 28.8 Å². The molecule has 1 aromatic carbocycles. The van der Waals surface area contributed by atoms with Crippen molar-refractivity contribution in [2.24, 2.45) is 5.92 Å². The summed E-state index contributed by atoms with van der Waals surface area (Å²) in [6.45, 7) is 2.21. The van der Waals surface area contributed by atoms with Crippen LogP contribution in [0.15, 0.2) is 18.2 Å². The first-order valence-electron chi connectivity index (χ1n) is 5.56. The molecule has 1 fully saturated rings. The summed E-state index contributed by atoms with van der Waals surface area (Å²) in [5.74, 6) is 0.774. The second-order valence-corrected chi connectivity index (χ2v) is 4.90.